The highest BCUT2D eigenvalue weighted by molar-refractivity contribution is 5.46. The Bertz CT molecular complexity index is 943. The quantitative estimate of drug-likeness (QED) is 0.644. The first-order valence-electron chi connectivity index (χ1n) is 10.9. The lowest BCUT2D eigenvalue weighted by molar-refractivity contribution is 0.197. The molecule has 1 atom stereocenters. The minimum Gasteiger partial charge on any atom is -0.369 e. The lowest BCUT2D eigenvalue weighted by Crippen LogP contribution is -2.48. The number of piperazine rings is 1. The molecule has 1 saturated carbocycles. The third-order valence-electron chi connectivity index (χ3n) is 6.42. The Kier molecular flexibility index (Phi) is 5.45. The van der Waals surface area contributed by atoms with Crippen molar-refractivity contribution in [3.63, 3.8) is 0 Å². The Balaban J connectivity index is 1.40. The second-order valence-electron chi connectivity index (χ2n) is 8.23. The Hall–Kier alpha value is -2.80. The molecule has 6 nitrogen and oxygen atoms in total. The van der Waals surface area contributed by atoms with Gasteiger partial charge in [-0.25, -0.2) is 9.07 Å². The first-order valence-corrected chi connectivity index (χ1v) is 10.9. The topological polar surface area (TPSA) is 50.1 Å². The van der Waals surface area contributed by atoms with E-state index >= 15 is 0 Å². The standard InChI is InChI=1S/C23H27FN6/c24-19-10-12-20(13-11-19)28-14-16-29(17-15-28)22(18-6-2-1-3-7-18)23-25-26-27-30(23)21-8-4-5-9-21/h1-3,6-7,10-13,21-22H,4-5,8-9,14-17H2/t22-/m0/s1. The molecule has 1 aliphatic heterocycles. The van der Waals surface area contributed by atoms with Crippen LogP contribution in [-0.2, 0) is 0 Å². The van der Waals surface area contributed by atoms with Crippen molar-refractivity contribution in [3.8, 4) is 0 Å². The molecule has 2 aliphatic rings. The lowest BCUT2D eigenvalue weighted by Gasteiger charge is -2.40. The van der Waals surface area contributed by atoms with Gasteiger partial charge < -0.3 is 4.90 Å². The van der Waals surface area contributed by atoms with Crippen molar-refractivity contribution < 1.29 is 4.39 Å². The summed E-state index contributed by atoms with van der Waals surface area (Å²) in [6.45, 7) is 3.57. The molecule has 2 fully saturated rings. The van der Waals surface area contributed by atoms with E-state index in [4.69, 9.17) is 0 Å². The van der Waals surface area contributed by atoms with Crippen LogP contribution in [0.5, 0.6) is 0 Å². The van der Waals surface area contributed by atoms with Crippen LogP contribution in [0.1, 0.15) is 49.2 Å². The van der Waals surface area contributed by atoms with Gasteiger partial charge in [-0.05, 0) is 53.1 Å². The molecule has 0 amide bonds. The van der Waals surface area contributed by atoms with Gasteiger partial charge >= 0.3 is 0 Å². The molecule has 2 aromatic carbocycles. The molecule has 0 radical (unpaired) electrons. The number of hydrogen-bond acceptors (Lipinski definition) is 5. The summed E-state index contributed by atoms with van der Waals surface area (Å²) in [6, 6.07) is 17.8. The third-order valence-corrected chi connectivity index (χ3v) is 6.42. The van der Waals surface area contributed by atoms with E-state index in [-0.39, 0.29) is 11.9 Å². The summed E-state index contributed by atoms with van der Waals surface area (Å²) in [5, 5.41) is 13.0. The normalized spacial score (nSPS) is 19.3. The average molecular weight is 407 g/mol. The van der Waals surface area contributed by atoms with Gasteiger partial charge in [0.2, 0.25) is 0 Å². The summed E-state index contributed by atoms with van der Waals surface area (Å²) in [4.78, 5) is 4.80. The molecule has 7 heteroatoms. The van der Waals surface area contributed by atoms with E-state index in [1.54, 1.807) is 0 Å². The number of tetrazole rings is 1. The van der Waals surface area contributed by atoms with Crippen LogP contribution >= 0.6 is 0 Å². The molecule has 30 heavy (non-hydrogen) atoms. The third kappa shape index (κ3) is 3.81. The number of aromatic nitrogens is 4. The van der Waals surface area contributed by atoms with Crippen LogP contribution in [0.15, 0.2) is 54.6 Å². The van der Waals surface area contributed by atoms with Crippen LogP contribution in [0.25, 0.3) is 0 Å². The first kappa shape index (κ1) is 19.2. The van der Waals surface area contributed by atoms with Gasteiger partial charge in [0, 0.05) is 31.9 Å². The second-order valence-corrected chi connectivity index (χ2v) is 8.23. The SMILES string of the molecule is Fc1ccc(N2CCN([C@@H](c3ccccc3)c3nnnn3C3CCCC3)CC2)cc1. The molecule has 156 valence electrons. The van der Waals surface area contributed by atoms with Gasteiger partial charge in [0.1, 0.15) is 5.82 Å². The highest BCUT2D eigenvalue weighted by atomic mass is 19.1. The minimum absolute atomic E-state index is 0.0390. The molecular formula is C23H27FN6. The fourth-order valence-corrected chi connectivity index (χ4v) is 4.84. The molecular weight excluding hydrogens is 379 g/mol. The zero-order valence-corrected chi connectivity index (χ0v) is 17.1. The number of nitrogens with zero attached hydrogens (tertiary/aromatic N) is 6. The summed E-state index contributed by atoms with van der Waals surface area (Å²) < 4.78 is 15.4. The summed E-state index contributed by atoms with van der Waals surface area (Å²) in [5.41, 5.74) is 2.30. The first-order chi connectivity index (χ1) is 14.8. The fraction of sp³-hybridized carbons (Fsp3) is 0.435. The predicted octanol–water partition coefficient (Wildman–Crippen LogP) is 3.84. The number of anilines is 1. The highest BCUT2D eigenvalue weighted by Crippen LogP contribution is 2.34. The lowest BCUT2D eigenvalue weighted by atomic mass is 10.0. The highest BCUT2D eigenvalue weighted by Gasteiger charge is 2.33. The number of halogens is 1. The number of hydrogen-bond donors (Lipinski definition) is 0. The molecule has 0 unspecified atom stereocenters. The molecule has 0 N–H and O–H groups in total. The molecule has 5 rings (SSSR count). The number of rotatable bonds is 5. The molecule has 0 bridgehead atoms. The summed E-state index contributed by atoms with van der Waals surface area (Å²) in [6.07, 6.45) is 4.79. The van der Waals surface area contributed by atoms with Crippen molar-refractivity contribution >= 4 is 5.69 Å². The molecule has 0 spiro atoms. The monoisotopic (exact) mass is 406 g/mol. The van der Waals surface area contributed by atoms with E-state index in [2.05, 4.69) is 54.3 Å². The maximum absolute atomic E-state index is 13.3. The Morgan fingerprint density at radius 3 is 2.27 bits per heavy atom. The van der Waals surface area contributed by atoms with Crippen molar-refractivity contribution in [3.05, 3.63) is 71.8 Å². The van der Waals surface area contributed by atoms with Crippen molar-refractivity contribution in [2.24, 2.45) is 0 Å². The van der Waals surface area contributed by atoms with Crippen molar-refractivity contribution in [1.29, 1.82) is 0 Å². The van der Waals surface area contributed by atoms with E-state index in [1.165, 1.54) is 30.5 Å². The van der Waals surface area contributed by atoms with E-state index in [0.29, 0.717) is 6.04 Å². The van der Waals surface area contributed by atoms with Gasteiger partial charge in [0.05, 0.1) is 12.1 Å². The van der Waals surface area contributed by atoms with Gasteiger partial charge in [0.25, 0.3) is 0 Å². The second kappa shape index (κ2) is 8.52. The zero-order valence-electron chi connectivity index (χ0n) is 17.1. The van der Waals surface area contributed by atoms with Gasteiger partial charge in [-0.3, -0.25) is 4.90 Å². The van der Waals surface area contributed by atoms with Crippen LogP contribution in [0.2, 0.25) is 0 Å². The van der Waals surface area contributed by atoms with E-state index < -0.39 is 0 Å². The van der Waals surface area contributed by atoms with Gasteiger partial charge in [-0.15, -0.1) is 5.10 Å². The van der Waals surface area contributed by atoms with Crippen LogP contribution in [0, 0.1) is 5.82 Å². The van der Waals surface area contributed by atoms with E-state index in [9.17, 15) is 4.39 Å². The van der Waals surface area contributed by atoms with Crippen LogP contribution in [0.4, 0.5) is 10.1 Å². The number of benzene rings is 2. The van der Waals surface area contributed by atoms with Gasteiger partial charge in [0.15, 0.2) is 5.82 Å². The van der Waals surface area contributed by atoms with Crippen LogP contribution in [-0.4, -0.2) is 51.3 Å². The Morgan fingerprint density at radius 1 is 0.867 bits per heavy atom. The minimum atomic E-state index is -0.194. The summed E-state index contributed by atoms with van der Waals surface area (Å²) >= 11 is 0. The van der Waals surface area contributed by atoms with Crippen molar-refractivity contribution in [1.82, 2.24) is 25.1 Å². The maximum atomic E-state index is 13.3. The van der Waals surface area contributed by atoms with Crippen molar-refractivity contribution in [2.45, 2.75) is 37.8 Å². The Morgan fingerprint density at radius 2 is 1.57 bits per heavy atom. The molecule has 1 saturated heterocycles. The van der Waals surface area contributed by atoms with Crippen LogP contribution < -0.4 is 4.90 Å². The summed E-state index contributed by atoms with van der Waals surface area (Å²) in [7, 11) is 0. The summed E-state index contributed by atoms with van der Waals surface area (Å²) in [5.74, 6) is 0.753. The van der Waals surface area contributed by atoms with E-state index in [0.717, 1.165) is 50.5 Å². The van der Waals surface area contributed by atoms with Crippen molar-refractivity contribution in [2.75, 3.05) is 31.1 Å². The van der Waals surface area contributed by atoms with Gasteiger partial charge in [-0.2, -0.15) is 0 Å². The maximum Gasteiger partial charge on any atom is 0.173 e. The largest absolute Gasteiger partial charge is 0.369 e. The molecule has 1 aliphatic carbocycles. The van der Waals surface area contributed by atoms with Gasteiger partial charge in [-0.1, -0.05) is 43.2 Å². The predicted molar refractivity (Wildman–Crippen MR) is 114 cm³/mol. The fourth-order valence-electron chi connectivity index (χ4n) is 4.84. The average Bonchev–Trinajstić information content (AvgIpc) is 3.48. The Labute approximate surface area is 176 Å². The van der Waals surface area contributed by atoms with E-state index in [1.807, 2.05) is 18.2 Å². The van der Waals surface area contributed by atoms with Crippen LogP contribution in [0.3, 0.4) is 0 Å². The zero-order chi connectivity index (χ0) is 20.3. The molecule has 1 aromatic heterocycles. The smallest absolute Gasteiger partial charge is 0.173 e. The molecule has 2 heterocycles. The molecule has 3 aromatic rings.